The van der Waals surface area contributed by atoms with Crippen molar-refractivity contribution in [3.8, 4) is 44.8 Å². The van der Waals surface area contributed by atoms with Crippen LogP contribution in [0.5, 0.6) is 0 Å². The van der Waals surface area contributed by atoms with Gasteiger partial charge in [-0.25, -0.2) is 0 Å². The Hall–Kier alpha value is -9.24. The van der Waals surface area contributed by atoms with Crippen molar-refractivity contribution in [2.45, 2.75) is 19.3 Å². The number of benzene rings is 11. The van der Waals surface area contributed by atoms with Gasteiger partial charge in [-0.15, -0.1) is 0 Å². The molecule has 0 spiro atoms. The van der Waals surface area contributed by atoms with E-state index >= 15 is 0 Å². The first-order chi connectivity index (χ1) is 35.9. The number of nitrogens with zero attached hydrogens (tertiary/aromatic N) is 2. The summed E-state index contributed by atoms with van der Waals surface area (Å²) < 4.78 is 4.79. The van der Waals surface area contributed by atoms with E-state index in [0.29, 0.717) is 0 Å². The molecule has 14 rings (SSSR count). The van der Waals surface area contributed by atoms with E-state index in [1.54, 1.807) is 0 Å². The molecule has 0 aliphatic heterocycles. The van der Waals surface area contributed by atoms with Crippen LogP contribution in [0, 0.1) is 0 Å². The molecule has 2 heterocycles. The van der Waals surface area contributed by atoms with E-state index < -0.39 is 0 Å². The Balaban J connectivity index is 0.681. The summed E-state index contributed by atoms with van der Waals surface area (Å²) in [7, 11) is 0. The average molecular weight is 931 g/mol. The van der Waals surface area contributed by atoms with Crippen molar-refractivity contribution < 1.29 is 0 Å². The lowest BCUT2D eigenvalue weighted by Gasteiger charge is -2.22. The summed E-state index contributed by atoms with van der Waals surface area (Å²) in [5.74, 6) is 0. The third-order valence-corrected chi connectivity index (χ3v) is 15.5. The standard InChI is InChI=1S/C71H50N2/c1-71(2)64-43-49(25-23-47-27-33-51(34-28-47)54-37-41-69-62(45-54)60-18-8-10-20-67(60)72(69)56-15-4-3-5-16-56)31-39-58(64)59-40-32-50(44-65(59)71)26-24-48-29-35-52(36-30-48)55-38-42-70-63(46-55)61-19-9-11-21-68(61)73(70)66-22-12-14-53-13-6-7-17-57(53)66/h3-46H,1-2H3. The lowest BCUT2D eigenvalue weighted by Crippen LogP contribution is -2.15. The minimum atomic E-state index is -0.127. The lowest BCUT2D eigenvalue weighted by molar-refractivity contribution is 0.660. The number of fused-ring (bicyclic) bond motifs is 10. The monoisotopic (exact) mass is 930 g/mol. The van der Waals surface area contributed by atoms with Crippen LogP contribution >= 0.6 is 0 Å². The van der Waals surface area contributed by atoms with E-state index in [0.717, 1.165) is 0 Å². The molecule has 0 amide bonds. The van der Waals surface area contributed by atoms with Crippen molar-refractivity contribution in [1.29, 1.82) is 0 Å². The van der Waals surface area contributed by atoms with Gasteiger partial charge in [-0.1, -0.05) is 226 Å². The fourth-order valence-electron chi connectivity index (χ4n) is 11.8. The van der Waals surface area contributed by atoms with Crippen molar-refractivity contribution in [1.82, 2.24) is 9.13 Å². The zero-order valence-corrected chi connectivity index (χ0v) is 40.8. The van der Waals surface area contributed by atoms with Crippen LogP contribution in [0.15, 0.2) is 243 Å². The molecule has 0 fully saturated rings. The smallest absolute Gasteiger partial charge is 0.0541 e. The Morgan fingerprint density at radius 1 is 0.301 bits per heavy atom. The summed E-state index contributed by atoms with van der Waals surface area (Å²) in [6, 6.07) is 89.0. The Kier molecular flexibility index (Phi) is 9.91. The SMILES string of the molecule is CC1(C)c2cc(C=Cc3ccc(-c4ccc5c(c4)c4ccccc4n5-c4ccccc4)cc3)ccc2-c2ccc(C=Cc3ccc(-c4ccc5c(c4)c4ccccc4n5-c4cccc5ccccc45)cc3)cc21. The van der Waals surface area contributed by atoms with E-state index in [1.165, 1.54) is 133 Å². The molecule has 0 radical (unpaired) electrons. The highest BCUT2D eigenvalue weighted by Gasteiger charge is 2.35. The van der Waals surface area contributed by atoms with Crippen molar-refractivity contribution in [3.05, 3.63) is 276 Å². The molecule has 0 N–H and O–H groups in total. The molecule has 2 nitrogen and oxygen atoms in total. The zero-order chi connectivity index (χ0) is 48.6. The van der Waals surface area contributed by atoms with Crippen LogP contribution in [-0.2, 0) is 5.41 Å². The van der Waals surface area contributed by atoms with Crippen molar-refractivity contribution in [2.75, 3.05) is 0 Å². The highest BCUT2D eigenvalue weighted by Crippen LogP contribution is 2.49. The number of hydrogen-bond donors (Lipinski definition) is 0. The van der Waals surface area contributed by atoms with Crippen LogP contribution < -0.4 is 0 Å². The van der Waals surface area contributed by atoms with Gasteiger partial charge in [-0.2, -0.15) is 0 Å². The average Bonchev–Trinajstić information content (AvgIpc) is 4.04. The molecule has 1 aliphatic carbocycles. The van der Waals surface area contributed by atoms with Crippen LogP contribution in [0.3, 0.4) is 0 Å². The van der Waals surface area contributed by atoms with Gasteiger partial charge in [0.05, 0.1) is 27.8 Å². The van der Waals surface area contributed by atoms with E-state index in [4.69, 9.17) is 0 Å². The summed E-state index contributed by atoms with van der Waals surface area (Å²) in [4.78, 5) is 0. The molecule has 0 unspecified atom stereocenters. The van der Waals surface area contributed by atoms with Crippen molar-refractivity contribution in [3.63, 3.8) is 0 Å². The molecule has 2 aromatic heterocycles. The van der Waals surface area contributed by atoms with Crippen molar-refractivity contribution in [2.24, 2.45) is 0 Å². The molecule has 1 aliphatic rings. The minimum absolute atomic E-state index is 0.127. The van der Waals surface area contributed by atoms with Gasteiger partial charge in [0.2, 0.25) is 0 Å². The molecule has 11 aromatic carbocycles. The fourth-order valence-corrected chi connectivity index (χ4v) is 11.8. The summed E-state index contributed by atoms with van der Waals surface area (Å²) in [6.07, 6.45) is 8.98. The maximum atomic E-state index is 2.43. The third kappa shape index (κ3) is 7.17. The quantitative estimate of drug-likeness (QED) is 0.134. The van der Waals surface area contributed by atoms with E-state index in [1.807, 2.05) is 0 Å². The van der Waals surface area contributed by atoms with Crippen LogP contribution in [-0.4, -0.2) is 9.13 Å². The van der Waals surface area contributed by atoms with Gasteiger partial charge in [0.25, 0.3) is 0 Å². The van der Waals surface area contributed by atoms with Gasteiger partial charge in [-0.3, -0.25) is 0 Å². The topological polar surface area (TPSA) is 9.86 Å². The summed E-state index contributed by atoms with van der Waals surface area (Å²) in [6.45, 7) is 4.73. The Bertz CT molecular complexity index is 4360. The number of rotatable bonds is 8. The predicted octanol–water partition coefficient (Wildman–Crippen LogP) is 19.0. The molecule has 73 heavy (non-hydrogen) atoms. The maximum Gasteiger partial charge on any atom is 0.0541 e. The van der Waals surface area contributed by atoms with Gasteiger partial charge in [0.1, 0.15) is 0 Å². The van der Waals surface area contributed by atoms with E-state index in [9.17, 15) is 0 Å². The highest BCUT2D eigenvalue weighted by atomic mass is 15.0. The summed E-state index contributed by atoms with van der Waals surface area (Å²) in [5, 5.41) is 7.55. The van der Waals surface area contributed by atoms with Crippen LogP contribution in [0.25, 0.3) is 123 Å². The molecule has 0 saturated heterocycles. The number of para-hydroxylation sites is 3. The van der Waals surface area contributed by atoms with Gasteiger partial charge in [0.15, 0.2) is 0 Å². The highest BCUT2D eigenvalue weighted by molar-refractivity contribution is 6.12. The molecule has 13 aromatic rings. The largest absolute Gasteiger partial charge is 0.309 e. The Morgan fingerprint density at radius 3 is 1.30 bits per heavy atom. The van der Waals surface area contributed by atoms with Gasteiger partial charge in [-0.05, 0) is 127 Å². The molecule has 344 valence electrons. The fraction of sp³-hybridized carbons (Fsp3) is 0.0423. The number of hydrogen-bond acceptors (Lipinski definition) is 0. The lowest BCUT2D eigenvalue weighted by atomic mass is 9.81. The normalized spacial score (nSPS) is 13.1. The second-order valence-electron chi connectivity index (χ2n) is 20.1. The molecular weight excluding hydrogens is 881 g/mol. The van der Waals surface area contributed by atoms with E-state index in [-0.39, 0.29) is 5.41 Å². The third-order valence-electron chi connectivity index (χ3n) is 15.5. The first kappa shape index (κ1) is 42.6. The van der Waals surface area contributed by atoms with Crippen LogP contribution in [0.2, 0.25) is 0 Å². The summed E-state index contributed by atoms with van der Waals surface area (Å²) in [5.41, 5.74) is 22.2. The molecule has 2 heteroatoms. The zero-order valence-electron chi connectivity index (χ0n) is 40.8. The first-order valence-corrected chi connectivity index (χ1v) is 25.4. The number of aromatic nitrogens is 2. The van der Waals surface area contributed by atoms with Gasteiger partial charge < -0.3 is 9.13 Å². The van der Waals surface area contributed by atoms with Gasteiger partial charge in [0, 0.05) is 38.0 Å². The minimum Gasteiger partial charge on any atom is -0.309 e. The van der Waals surface area contributed by atoms with Crippen LogP contribution in [0.1, 0.15) is 47.2 Å². The summed E-state index contributed by atoms with van der Waals surface area (Å²) >= 11 is 0. The molecule has 0 atom stereocenters. The maximum absolute atomic E-state index is 2.43. The second-order valence-corrected chi connectivity index (χ2v) is 20.1. The van der Waals surface area contributed by atoms with Crippen molar-refractivity contribution >= 4 is 78.7 Å². The molecular formula is C71H50N2. The Labute approximate surface area is 425 Å². The second kappa shape index (κ2) is 17.0. The predicted molar refractivity (Wildman–Crippen MR) is 312 cm³/mol. The Morgan fingerprint density at radius 2 is 0.726 bits per heavy atom. The first-order valence-electron chi connectivity index (χ1n) is 25.4. The molecule has 0 bridgehead atoms. The van der Waals surface area contributed by atoms with Crippen LogP contribution in [0.4, 0.5) is 0 Å². The molecule has 0 saturated carbocycles. The van der Waals surface area contributed by atoms with E-state index in [2.05, 4.69) is 290 Å². The van der Waals surface area contributed by atoms with Gasteiger partial charge >= 0.3 is 0 Å².